The molecule has 96 valence electrons. The number of hydrogen-bond donors (Lipinski definition) is 2. The first-order chi connectivity index (χ1) is 8.65. The third kappa shape index (κ3) is 3.27. The van der Waals surface area contributed by atoms with Crippen LogP contribution in [0.25, 0.3) is 0 Å². The van der Waals surface area contributed by atoms with Crippen LogP contribution in [0.3, 0.4) is 0 Å². The van der Waals surface area contributed by atoms with Crippen molar-refractivity contribution >= 4 is 6.01 Å². The first kappa shape index (κ1) is 12.5. The lowest BCUT2D eigenvalue weighted by molar-refractivity contribution is 0.473. The van der Waals surface area contributed by atoms with E-state index in [4.69, 9.17) is 10.2 Å². The van der Waals surface area contributed by atoms with Gasteiger partial charge in [0.15, 0.2) is 0 Å². The summed E-state index contributed by atoms with van der Waals surface area (Å²) < 4.78 is 18.2. The normalized spacial score (nSPS) is 12.4. The summed E-state index contributed by atoms with van der Waals surface area (Å²) in [5, 5.41) is 10.6. The van der Waals surface area contributed by atoms with Crippen molar-refractivity contribution in [3.05, 3.63) is 41.5 Å². The number of nitrogens with two attached hydrogens (primary N) is 1. The zero-order valence-corrected chi connectivity index (χ0v) is 10.1. The Kier molecular flexibility index (Phi) is 3.88. The lowest BCUT2D eigenvalue weighted by atomic mass is 10.1. The van der Waals surface area contributed by atoms with Crippen LogP contribution in [0.2, 0.25) is 0 Å². The monoisotopic (exact) mass is 250 g/mol. The van der Waals surface area contributed by atoms with Crippen molar-refractivity contribution in [3.63, 3.8) is 0 Å². The molecule has 0 saturated carbocycles. The highest BCUT2D eigenvalue weighted by atomic mass is 19.1. The number of nitrogens with zero attached hydrogens (tertiary/aromatic N) is 2. The third-order valence-electron chi connectivity index (χ3n) is 2.41. The fraction of sp³-hybridized carbons (Fsp3) is 0.333. The second-order valence-electron chi connectivity index (χ2n) is 4.04. The van der Waals surface area contributed by atoms with Crippen molar-refractivity contribution in [1.29, 1.82) is 0 Å². The molecule has 1 aromatic heterocycles. The van der Waals surface area contributed by atoms with Crippen LogP contribution < -0.4 is 11.1 Å². The van der Waals surface area contributed by atoms with Crippen molar-refractivity contribution in [2.24, 2.45) is 5.73 Å². The largest absolute Gasteiger partial charge is 0.406 e. The van der Waals surface area contributed by atoms with Gasteiger partial charge >= 0.3 is 6.01 Å². The molecule has 1 unspecified atom stereocenters. The molecule has 5 nitrogen and oxygen atoms in total. The average molecular weight is 250 g/mol. The zero-order valence-electron chi connectivity index (χ0n) is 10.1. The maximum atomic E-state index is 12.9. The molecule has 0 bridgehead atoms. The molecule has 1 atom stereocenters. The number of benzene rings is 1. The third-order valence-corrected chi connectivity index (χ3v) is 2.41. The Morgan fingerprint density at radius 1 is 1.44 bits per heavy atom. The van der Waals surface area contributed by atoms with Gasteiger partial charge in [0.05, 0.1) is 6.04 Å². The minimum Gasteiger partial charge on any atom is -0.406 e. The van der Waals surface area contributed by atoms with Gasteiger partial charge in [-0.3, -0.25) is 0 Å². The summed E-state index contributed by atoms with van der Waals surface area (Å²) in [5.74, 6) is 0.160. The van der Waals surface area contributed by atoms with Gasteiger partial charge < -0.3 is 15.5 Å². The molecule has 1 heterocycles. The van der Waals surface area contributed by atoms with Crippen molar-refractivity contribution < 1.29 is 8.81 Å². The lowest BCUT2D eigenvalue weighted by Gasteiger charge is -2.02. The van der Waals surface area contributed by atoms with Crippen LogP contribution in [0.15, 0.2) is 28.7 Å². The highest BCUT2D eigenvalue weighted by molar-refractivity contribution is 5.21. The molecule has 2 rings (SSSR count). The molecule has 0 aliphatic carbocycles. The first-order valence-electron chi connectivity index (χ1n) is 5.72. The maximum Gasteiger partial charge on any atom is 0.315 e. The van der Waals surface area contributed by atoms with E-state index in [1.165, 1.54) is 12.1 Å². The molecule has 2 aromatic rings. The topological polar surface area (TPSA) is 77.0 Å². The summed E-state index contributed by atoms with van der Waals surface area (Å²) in [7, 11) is 0. The van der Waals surface area contributed by atoms with E-state index in [1.54, 1.807) is 13.0 Å². The average Bonchev–Trinajstić information content (AvgIpc) is 2.78. The van der Waals surface area contributed by atoms with Crippen LogP contribution >= 0.6 is 0 Å². The Hall–Kier alpha value is -1.95. The predicted molar refractivity (Wildman–Crippen MR) is 65.5 cm³/mol. The fourth-order valence-corrected chi connectivity index (χ4v) is 1.50. The van der Waals surface area contributed by atoms with Gasteiger partial charge in [-0.05, 0) is 31.0 Å². The minimum absolute atomic E-state index is 0.232. The van der Waals surface area contributed by atoms with Crippen molar-refractivity contribution in [2.75, 3.05) is 11.9 Å². The Labute approximate surface area is 104 Å². The van der Waals surface area contributed by atoms with Crippen molar-refractivity contribution in [2.45, 2.75) is 19.4 Å². The van der Waals surface area contributed by atoms with Crippen LogP contribution in [0.1, 0.15) is 24.4 Å². The van der Waals surface area contributed by atoms with Crippen LogP contribution in [-0.2, 0) is 6.42 Å². The lowest BCUT2D eigenvalue weighted by Crippen LogP contribution is -2.05. The molecular formula is C12H15FN4O. The van der Waals surface area contributed by atoms with Crippen LogP contribution in [0, 0.1) is 5.82 Å². The number of aromatic nitrogens is 2. The van der Waals surface area contributed by atoms with Gasteiger partial charge in [-0.2, -0.15) is 0 Å². The fourth-order valence-electron chi connectivity index (χ4n) is 1.50. The summed E-state index contributed by atoms with van der Waals surface area (Å²) >= 11 is 0. The molecule has 0 radical (unpaired) electrons. The van der Waals surface area contributed by atoms with Gasteiger partial charge in [0.2, 0.25) is 5.89 Å². The predicted octanol–water partition coefficient (Wildman–Crippen LogP) is 1.88. The number of anilines is 1. The molecular weight excluding hydrogens is 235 g/mol. The number of hydrogen-bond acceptors (Lipinski definition) is 5. The molecule has 3 N–H and O–H groups in total. The minimum atomic E-state index is -0.281. The van der Waals surface area contributed by atoms with Gasteiger partial charge in [0.25, 0.3) is 0 Å². The number of rotatable bonds is 5. The molecule has 0 fully saturated rings. The summed E-state index contributed by atoms with van der Waals surface area (Å²) in [6, 6.07) is 6.53. The van der Waals surface area contributed by atoms with Crippen molar-refractivity contribution in [1.82, 2.24) is 10.2 Å². The first-order valence-corrected chi connectivity index (χ1v) is 5.72. The zero-order chi connectivity index (χ0) is 13.0. The summed E-state index contributed by atoms with van der Waals surface area (Å²) in [4.78, 5) is 0. The van der Waals surface area contributed by atoms with Crippen LogP contribution in [-0.4, -0.2) is 16.7 Å². The summed E-state index contributed by atoms with van der Waals surface area (Å²) in [6.07, 6.45) is 0.674. The van der Waals surface area contributed by atoms with E-state index >= 15 is 0 Å². The second kappa shape index (κ2) is 5.59. The molecule has 18 heavy (non-hydrogen) atoms. The quantitative estimate of drug-likeness (QED) is 0.847. The Morgan fingerprint density at radius 3 is 2.94 bits per heavy atom. The van der Waals surface area contributed by atoms with E-state index in [1.807, 2.05) is 6.07 Å². The Bertz CT molecular complexity index is 512. The van der Waals surface area contributed by atoms with Gasteiger partial charge in [-0.1, -0.05) is 17.2 Å². The summed E-state index contributed by atoms with van der Waals surface area (Å²) in [6.45, 7) is 2.36. The molecule has 6 heteroatoms. The highest BCUT2D eigenvalue weighted by Crippen LogP contribution is 2.11. The standard InChI is InChI=1S/C12H15FN4O/c1-8(14)11-16-17-12(18-11)15-6-5-9-3-2-4-10(13)7-9/h2-4,7-8H,5-6,14H2,1H3,(H,15,17). The molecule has 0 aliphatic rings. The van der Waals surface area contributed by atoms with Crippen LogP contribution in [0.5, 0.6) is 0 Å². The van der Waals surface area contributed by atoms with Gasteiger partial charge in [0.1, 0.15) is 5.82 Å². The Balaban J connectivity index is 1.84. The van der Waals surface area contributed by atoms with Crippen molar-refractivity contribution in [3.8, 4) is 0 Å². The smallest absolute Gasteiger partial charge is 0.315 e. The second-order valence-corrected chi connectivity index (χ2v) is 4.04. The summed E-state index contributed by atoms with van der Waals surface area (Å²) in [5.41, 5.74) is 6.51. The Morgan fingerprint density at radius 2 is 2.28 bits per heavy atom. The molecule has 0 spiro atoms. The highest BCUT2D eigenvalue weighted by Gasteiger charge is 2.08. The van der Waals surface area contributed by atoms with E-state index in [0.29, 0.717) is 24.9 Å². The number of halogens is 1. The van der Waals surface area contributed by atoms with Gasteiger partial charge in [-0.25, -0.2) is 4.39 Å². The van der Waals surface area contributed by atoms with E-state index in [0.717, 1.165) is 5.56 Å². The maximum absolute atomic E-state index is 12.9. The molecule has 0 saturated heterocycles. The number of nitrogens with one attached hydrogen (secondary N) is 1. The van der Waals surface area contributed by atoms with Crippen LogP contribution in [0.4, 0.5) is 10.4 Å². The van der Waals surface area contributed by atoms with E-state index in [9.17, 15) is 4.39 Å². The molecule has 0 aliphatic heterocycles. The van der Waals surface area contributed by atoms with E-state index < -0.39 is 0 Å². The SMILES string of the molecule is CC(N)c1nnc(NCCc2cccc(F)c2)o1. The van der Waals surface area contributed by atoms with Gasteiger partial charge in [-0.15, -0.1) is 5.10 Å². The molecule has 0 amide bonds. The van der Waals surface area contributed by atoms with E-state index in [-0.39, 0.29) is 11.9 Å². The van der Waals surface area contributed by atoms with E-state index in [2.05, 4.69) is 15.5 Å². The van der Waals surface area contributed by atoms with Gasteiger partial charge in [0, 0.05) is 6.54 Å². The molecule has 1 aromatic carbocycles.